The van der Waals surface area contributed by atoms with Crippen molar-refractivity contribution in [3.05, 3.63) is 29.8 Å². The molecule has 2 rings (SSSR count). The molecule has 8 heteroatoms. The number of piperazine rings is 1. The molecule has 0 bridgehead atoms. The van der Waals surface area contributed by atoms with Crippen molar-refractivity contribution >= 4 is 18.5 Å². The van der Waals surface area contributed by atoms with Crippen molar-refractivity contribution in [2.24, 2.45) is 0 Å². The zero-order chi connectivity index (χ0) is 18.0. The van der Waals surface area contributed by atoms with Crippen LogP contribution in [-0.4, -0.2) is 54.7 Å². The predicted molar refractivity (Wildman–Crippen MR) is 88.2 cm³/mol. The smallest absolute Gasteiger partial charge is 0.445 e. The highest BCUT2D eigenvalue weighted by molar-refractivity contribution is 6.73. The van der Waals surface area contributed by atoms with E-state index in [4.69, 9.17) is 4.74 Å². The fourth-order valence-corrected chi connectivity index (χ4v) is 2.51. The van der Waals surface area contributed by atoms with Crippen LogP contribution in [0, 0.1) is 0 Å². The zero-order valence-corrected chi connectivity index (χ0v) is 14.3. The molecule has 1 aliphatic rings. The van der Waals surface area contributed by atoms with Gasteiger partial charge >= 0.3 is 13.1 Å². The lowest BCUT2D eigenvalue weighted by molar-refractivity contribution is 0.0139. The molecule has 0 unspecified atom stereocenters. The van der Waals surface area contributed by atoms with E-state index in [0.29, 0.717) is 32.7 Å². The minimum Gasteiger partial charge on any atom is -0.445 e. The second kappa shape index (κ2) is 7.05. The van der Waals surface area contributed by atoms with Crippen LogP contribution >= 0.6 is 0 Å². The van der Waals surface area contributed by atoms with Crippen LogP contribution in [0.4, 0.5) is 17.7 Å². The van der Waals surface area contributed by atoms with Gasteiger partial charge < -0.3 is 22.6 Å². The van der Waals surface area contributed by atoms with Crippen molar-refractivity contribution in [3.8, 4) is 0 Å². The molecule has 1 amide bonds. The van der Waals surface area contributed by atoms with Gasteiger partial charge in [0.1, 0.15) is 5.60 Å². The van der Waals surface area contributed by atoms with E-state index in [1.807, 2.05) is 20.8 Å². The molecule has 0 aromatic heterocycles. The Morgan fingerprint density at radius 2 is 1.62 bits per heavy atom. The van der Waals surface area contributed by atoms with Gasteiger partial charge in [-0.15, -0.1) is 5.46 Å². The van der Waals surface area contributed by atoms with E-state index in [0.717, 1.165) is 17.7 Å². The van der Waals surface area contributed by atoms with Gasteiger partial charge in [0, 0.05) is 32.7 Å². The van der Waals surface area contributed by atoms with Crippen LogP contribution in [-0.2, 0) is 11.3 Å². The van der Waals surface area contributed by atoms with E-state index in [9.17, 15) is 17.7 Å². The van der Waals surface area contributed by atoms with Gasteiger partial charge in [0.05, 0.1) is 0 Å². The number of hydrogen-bond donors (Lipinski definition) is 0. The second-order valence-electron chi connectivity index (χ2n) is 7.06. The fraction of sp³-hybridized carbons (Fsp3) is 0.562. The Labute approximate surface area is 140 Å². The molecule has 1 aromatic carbocycles. The Hall–Kier alpha value is -1.70. The van der Waals surface area contributed by atoms with Crippen LogP contribution in [0.15, 0.2) is 24.3 Å². The highest BCUT2D eigenvalue weighted by atomic mass is 19.4. The Kier molecular flexibility index (Phi) is 5.47. The SMILES string of the molecule is CC(C)(C)OC(=O)N1CCN(Cc2ccc([B-](F)(F)F)cc2)CC1. The maximum atomic E-state index is 12.6. The maximum absolute atomic E-state index is 12.6. The van der Waals surface area contributed by atoms with Gasteiger partial charge in [0.2, 0.25) is 0 Å². The van der Waals surface area contributed by atoms with Gasteiger partial charge in [-0.05, 0) is 26.3 Å². The number of halogens is 3. The first kappa shape index (κ1) is 18.6. The molecule has 0 atom stereocenters. The van der Waals surface area contributed by atoms with Gasteiger partial charge in [-0.1, -0.05) is 24.3 Å². The van der Waals surface area contributed by atoms with Gasteiger partial charge in [0.25, 0.3) is 0 Å². The third-order valence-electron chi connectivity index (χ3n) is 3.79. The molecule has 1 aliphatic heterocycles. The second-order valence-corrected chi connectivity index (χ2v) is 7.06. The topological polar surface area (TPSA) is 32.8 Å². The van der Waals surface area contributed by atoms with Crippen molar-refractivity contribution in [2.45, 2.75) is 32.9 Å². The molecule has 0 radical (unpaired) electrons. The molecular formula is C16H23BF3N2O2-. The lowest BCUT2D eigenvalue weighted by atomic mass is 9.80. The molecular weight excluding hydrogens is 320 g/mol. The highest BCUT2D eigenvalue weighted by Gasteiger charge is 2.27. The molecule has 0 N–H and O–H groups in total. The summed E-state index contributed by atoms with van der Waals surface area (Å²) >= 11 is 0. The number of benzene rings is 1. The summed E-state index contributed by atoms with van der Waals surface area (Å²) in [6.07, 6.45) is -0.320. The Bertz CT molecular complexity index is 562. The molecule has 24 heavy (non-hydrogen) atoms. The third-order valence-corrected chi connectivity index (χ3v) is 3.79. The third kappa shape index (κ3) is 5.44. The fourth-order valence-electron chi connectivity index (χ4n) is 2.51. The molecule has 4 nitrogen and oxygen atoms in total. The standard InChI is InChI=1S/C16H23BF3N2O2/c1-16(2,3)24-15(23)22-10-8-21(9-11-22)12-13-4-6-14(7-5-13)17(18,19)20/h4-7H,8-12H2,1-3H3/q-1. The first-order valence-electron chi connectivity index (χ1n) is 8.04. The number of carbonyl (C=O) groups excluding carboxylic acids is 1. The van der Waals surface area contributed by atoms with Gasteiger partial charge in [-0.2, -0.15) is 0 Å². The summed E-state index contributed by atoms with van der Waals surface area (Å²) in [5, 5.41) is 0. The van der Waals surface area contributed by atoms with Crippen molar-refractivity contribution < 1.29 is 22.5 Å². The van der Waals surface area contributed by atoms with Gasteiger partial charge in [-0.25, -0.2) is 4.79 Å². The summed E-state index contributed by atoms with van der Waals surface area (Å²) in [5.41, 5.74) is -0.256. The molecule has 0 aliphatic carbocycles. The number of amides is 1. The number of nitrogens with zero attached hydrogens (tertiary/aromatic N) is 2. The van der Waals surface area contributed by atoms with Crippen molar-refractivity contribution in [3.63, 3.8) is 0 Å². The maximum Gasteiger partial charge on any atom is 0.509 e. The summed E-state index contributed by atoms with van der Waals surface area (Å²) in [4.78, 5) is 15.8. The normalized spacial score (nSPS) is 17.0. The minimum absolute atomic E-state index is 0.320. The first-order valence-corrected chi connectivity index (χ1v) is 8.04. The lowest BCUT2D eigenvalue weighted by Crippen LogP contribution is -2.49. The van der Waals surface area contributed by atoms with E-state index in [-0.39, 0.29) is 6.09 Å². The summed E-state index contributed by atoms with van der Waals surface area (Å²) in [6.45, 7) is 3.56. The molecule has 134 valence electrons. The summed E-state index contributed by atoms with van der Waals surface area (Å²) in [7, 11) is 0. The van der Waals surface area contributed by atoms with Crippen LogP contribution in [0.1, 0.15) is 26.3 Å². The zero-order valence-electron chi connectivity index (χ0n) is 14.3. The molecule has 0 saturated carbocycles. The van der Waals surface area contributed by atoms with E-state index in [2.05, 4.69) is 4.90 Å². The molecule has 0 spiro atoms. The Morgan fingerprint density at radius 1 is 1.08 bits per heavy atom. The largest absolute Gasteiger partial charge is 0.509 e. The summed E-state index contributed by atoms with van der Waals surface area (Å²) < 4.78 is 43.2. The quantitative estimate of drug-likeness (QED) is 0.792. The van der Waals surface area contributed by atoms with Crippen LogP contribution < -0.4 is 5.46 Å². The van der Waals surface area contributed by atoms with Crippen LogP contribution in [0.3, 0.4) is 0 Å². The van der Waals surface area contributed by atoms with Gasteiger partial charge in [0.15, 0.2) is 0 Å². The number of ether oxygens (including phenoxy) is 1. The first-order chi connectivity index (χ1) is 11.0. The Morgan fingerprint density at radius 3 is 2.08 bits per heavy atom. The molecule has 1 aromatic rings. The monoisotopic (exact) mass is 343 g/mol. The molecule has 1 heterocycles. The molecule has 1 saturated heterocycles. The Balaban J connectivity index is 1.84. The lowest BCUT2D eigenvalue weighted by Gasteiger charge is -2.35. The van der Waals surface area contributed by atoms with Crippen LogP contribution in [0.2, 0.25) is 0 Å². The van der Waals surface area contributed by atoms with Gasteiger partial charge in [-0.3, -0.25) is 4.90 Å². The summed E-state index contributed by atoms with van der Waals surface area (Å²) in [6, 6.07) is 5.30. The average Bonchev–Trinajstić information content (AvgIpc) is 2.46. The van der Waals surface area contributed by atoms with E-state index < -0.39 is 18.0 Å². The van der Waals surface area contributed by atoms with E-state index in [1.165, 1.54) is 12.1 Å². The van der Waals surface area contributed by atoms with Crippen LogP contribution in [0.25, 0.3) is 0 Å². The number of carbonyl (C=O) groups is 1. The highest BCUT2D eigenvalue weighted by Crippen LogP contribution is 2.14. The predicted octanol–water partition coefficient (Wildman–Crippen LogP) is 2.79. The van der Waals surface area contributed by atoms with Crippen LogP contribution in [0.5, 0.6) is 0 Å². The van der Waals surface area contributed by atoms with Crippen molar-refractivity contribution in [1.29, 1.82) is 0 Å². The molecule has 1 fully saturated rings. The average molecular weight is 343 g/mol. The van der Waals surface area contributed by atoms with Crippen molar-refractivity contribution in [2.75, 3.05) is 26.2 Å². The number of rotatable bonds is 3. The number of hydrogen-bond acceptors (Lipinski definition) is 3. The summed E-state index contributed by atoms with van der Waals surface area (Å²) in [5.74, 6) is 0. The van der Waals surface area contributed by atoms with E-state index >= 15 is 0 Å². The minimum atomic E-state index is -4.94. The van der Waals surface area contributed by atoms with E-state index in [1.54, 1.807) is 4.90 Å². The van der Waals surface area contributed by atoms with Crippen molar-refractivity contribution in [1.82, 2.24) is 9.80 Å².